The fourth-order valence-electron chi connectivity index (χ4n) is 11.9. The van der Waals surface area contributed by atoms with Crippen molar-refractivity contribution < 1.29 is 29.3 Å². The summed E-state index contributed by atoms with van der Waals surface area (Å²) < 4.78 is 15.7. The first kappa shape index (κ1) is 62.8. The Morgan fingerprint density at radius 1 is 0.605 bits per heavy atom. The molecule has 0 atom stereocenters. The highest BCUT2D eigenvalue weighted by Gasteiger charge is 2.33. The van der Waals surface area contributed by atoms with Crippen molar-refractivity contribution in [1.82, 2.24) is 64.1 Å². The molecule has 5 aromatic heterocycles. The molecule has 25 heteroatoms. The standard InChI is InChI=1S/C30H37ClN8O.C27H35N9OS.2C2H4O2/c1-37-13-15-38(16-14-37)22-8-10-23(11-9-22)39-30-27(29(32)34-19-35-30)28(36-39)20-7-12-25(26(17-20)40-2)33-18-21-5-3-4-6-24(21)31;1-34-10-12-35(13-11-34)19-4-6-20(7-5-19)36-27-24(26(28)31-17-32-27)25(33-36)18-3-8-21(22(15-18)37-2)30-16-23-29-9-14-38-23;2*1-2(3)4/h3-7,12,17,19,22-23,33H,8-11,13-16,18H2,1-2H3,(H2,32,34,35);3,8-9,14-15,17,19-20,30H,4-7,10-13,16H2,1-2H3,(H2,28,31,32);2*1H3,(H,3,4). The van der Waals surface area contributed by atoms with Crippen LogP contribution in [-0.4, -0.2) is 179 Å². The lowest BCUT2D eigenvalue weighted by atomic mass is 9.90. The molecule has 458 valence electrons. The van der Waals surface area contributed by atoms with Crippen LogP contribution < -0.4 is 31.6 Å². The number of carbonyl (C=O) groups is 2. The van der Waals surface area contributed by atoms with Crippen LogP contribution in [0.25, 0.3) is 44.6 Å². The largest absolute Gasteiger partial charge is 0.495 e. The molecular formula is C61H80ClN17O6S. The van der Waals surface area contributed by atoms with E-state index >= 15 is 0 Å². The van der Waals surface area contributed by atoms with Gasteiger partial charge in [-0.05, 0) is 101 Å². The second kappa shape index (κ2) is 29.6. The zero-order valence-corrected chi connectivity index (χ0v) is 51.5. The molecule has 0 unspecified atom stereocenters. The molecule has 8 N–H and O–H groups in total. The molecule has 23 nitrogen and oxygen atoms in total. The smallest absolute Gasteiger partial charge is 0.300 e. The fourth-order valence-corrected chi connectivity index (χ4v) is 12.7. The van der Waals surface area contributed by atoms with Crippen LogP contribution in [-0.2, 0) is 22.7 Å². The Morgan fingerprint density at radius 2 is 1.02 bits per heavy atom. The van der Waals surface area contributed by atoms with E-state index in [0.29, 0.717) is 42.9 Å². The number of carboxylic acid groups (broad SMARTS) is 2. The van der Waals surface area contributed by atoms with Gasteiger partial charge in [-0.2, -0.15) is 10.2 Å². The van der Waals surface area contributed by atoms with Crippen LogP contribution in [0.3, 0.4) is 0 Å². The van der Waals surface area contributed by atoms with E-state index < -0.39 is 11.9 Å². The van der Waals surface area contributed by atoms with E-state index in [1.54, 1.807) is 31.9 Å². The molecule has 0 amide bonds. The van der Waals surface area contributed by atoms with Crippen LogP contribution in [0.2, 0.25) is 5.02 Å². The minimum atomic E-state index is -0.833. The van der Waals surface area contributed by atoms with Gasteiger partial charge in [0.25, 0.3) is 11.9 Å². The number of benzene rings is 3. The number of rotatable bonds is 14. The zero-order valence-electron chi connectivity index (χ0n) is 49.9. The molecule has 2 aliphatic carbocycles. The van der Waals surface area contributed by atoms with E-state index in [0.717, 1.165) is 162 Å². The number of halogens is 1. The van der Waals surface area contributed by atoms with Gasteiger partial charge in [0.05, 0.1) is 55.0 Å². The first-order valence-electron chi connectivity index (χ1n) is 29.3. The number of piperazine rings is 2. The molecule has 8 aromatic rings. The number of likely N-dealkylation sites (N-methyl/N-ethyl adjacent to an activating group) is 2. The molecular weight excluding hydrogens is 1130 g/mol. The Morgan fingerprint density at radius 3 is 1.43 bits per heavy atom. The van der Waals surface area contributed by atoms with Crippen LogP contribution in [0.5, 0.6) is 11.5 Å². The lowest BCUT2D eigenvalue weighted by Crippen LogP contribution is -2.49. The predicted octanol–water partition coefficient (Wildman–Crippen LogP) is 9.15. The number of aliphatic carboxylic acids is 2. The molecule has 12 rings (SSSR count). The second-order valence-electron chi connectivity index (χ2n) is 22.2. The Bertz CT molecular complexity index is 3500. The summed E-state index contributed by atoms with van der Waals surface area (Å²) in [7, 11) is 7.78. The van der Waals surface area contributed by atoms with Crippen molar-refractivity contribution in [2.24, 2.45) is 0 Å². The summed E-state index contributed by atoms with van der Waals surface area (Å²) in [6.45, 7) is 12.7. The average Bonchev–Trinajstić information content (AvgIpc) is 1.97. The van der Waals surface area contributed by atoms with Crippen LogP contribution in [0.4, 0.5) is 23.0 Å². The van der Waals surface area contributed by atoms with E-state index in [4.69, 9.17) is 62.5 Å². The number of hydrogen-bond donors (Lipinski definition) is 6. The Kier molecular flexibility index (Phi) is 21.6. The summed E-state index contributed by atoms with van der Waals surface area (Å²) in [6, 6.07) is 21.8. The van der Waals surface area contributed by atoms with Crippen molar-refractivity contribution in [3.8, 4) is 34.0 Å². The molecule has 7 heterocycles. The van der Waals surface area contributed by atoms with Gasteiger partial charge in [0.2, 0.25) is 0 Å². The van der Waals surface area contributed by atoms with Gasteiger partial charge in [-0.25, -0.2) is 34.3 Å². The van der Waals surface area contributed by atoms with Gasteiger partial charge >= 0.3 is 0 Å². The van der Waals surface area contributed by atoms with Crippen LogP contribution >= 0.6 is 22.9 Å². The number of nitrogens with zero attached hydrogens (tertiary/aromatic N) is 13. The number of fused-ring (bicyclic) bond motifs is 2. The molecule has 4 fully saturated rings. The highest BCUT2D eigenvalue weighted by molar-refractivity contribution is 7.09. The van der Waals surface area contributed by atoms with Gasteiger partial charge in [0, 0.05) is 113 Å². The lowest BCUT2D eigenvalue weighted by molar-refractivity contribution is -0.135. The van der Waals surface area contributed by atoms with Gasteiger partial charge in [0.15, 0.2) is 11.3 Å². The summed E-state index contributed by atoms with van der Waals surface area (Å²) in [4.78, 5) is 50.4. The highest BCUT2D eigenvalue weighted by atomic mass is 35.5. The zero-order chi connectivity index (χ0) is 60.9. The van der Waals surface area contributed by atoms with E-state index in [2.05, 4.69) is 84.7 Å². The second-order valence-corrected chi connectivity index (χ2v) is 23.6. The molecule has 86 heavy (non-hydrogen) atoms. The first-order valence-corrected chi connectivity index (χ1v) is 30.5. The number of aromatic nitrogens is 9. The van der Waals surface area contributed by atoms with Gasteiger partial charge in [-0.15, -0.1) is 11.3 Å². The van der Waals surface area contributed by atoms with Gasteiger partial charge in [0.1, 0.15) is 52.2 Å². The van der Waals surface area contributed by atoms with E-state index in [1.165, 1.54) is 45.1 Å². The van der Waals surface area contributed by atoms with Crippen molar-refractivity contribution in [3.63, 3.8) is 0 Å². The topological polar surface area (TPSA) is 282 Å². The lowest BCUT2D eigenvalue weighted by Gasteiger charge is -2.41. The molecule has 3 aromatic carbocycles. The molecule has 2 saturated carbocycles. The Hall–Kier alpha value is -7.74. The maximum atomic E-state index is 9.00. The predicted molar refractivity (Wildman–Crippen MR) is 339 cm³/mol. The Labute approximate surface area is 510 Å². The number of thiazole rings is 1. The highest BCUT2D eigenvalue weighted by Crippen LogP contribution is 2.41. The summed E-state index contributed by atoms with van der Waals surface area (Å²) in [6.07, 6.45) is 13.9. The number of hydrogen-bond acceptors (Lipinski definition) is 20. The van der Waals surface area contributed by atoms with Gasteiger partial charge in [-0.3, -0.25) is 19.4 Å². The fraction of sp³-hybridized carbons (Fsp3) is 0.459. The maximum Gasteiger partial charge on any atom is 0.300 e. The maximum absolute atomic E-state index is 9.00. The Balaban J connectivity index is 0.000000183. The average molecular weight is 1210 g/mol. The molecule has 0 bridgehead atoms. The molecule has 0 radical (unpaired) electrons. The third kappa shape index (κ3) is 15.6. The third-order valence-electron chi connectivity index (χ3n) is 16.5. The van der Waals surface area contributed by atoms with Crippen molar-refractivity contribution >= 4 is 80.0 Å². The normalized spacial score (nSPS) is 19.5. The van der Waals surface area contributed by atoms with E-state index in [1.807, 2.05) is 66.2 Å². The third-order valence-corrected chi connectivity index (χ3v) is 17.6. The van der Waals surface area contributed by atoms with Crippen molar-refractivity contribution in [3.05, 3.63) is 100 Å². The molecule has 0 spiro atoms. The number of carboxylic acids is 2. The quantitative estimate of drug-likeness (QED) is 0.0591. The van der Waals surface area contributed by atoms with Gasteiger partial charge in [-0.1, -0.05) is 41.9 Å². The number of nitrogen functional groups attached to an aromatic ring is 2. The number of nitrogens with one attached hydrogen (secondary N) is 2. The summed E-state index contributed by atoms with van der Waals surface area (Å²) in [5, 5.41) is 37.3. The van der Waals surface area contributed by atoms with Crippen molar-refractivity contribution in [2.45, 2.75) is 102 Å². The van der Waals surface area contributed by atoms with Crippen LogP contribution in [0.1, 0.15) is 87.9 Å². The minimum Gasteiger partial charge on any atom is -0.495 e. The monoisotopic (exact) mass is 1210 g/mol. The van der Waals surface area contributed by atoms with Crippen LogP contribution in [0.15, 0.2) is 84.9 Å². The summed E-state index contributed by atoms with van der Waals surface area (Å²) in [5.41, 5.74) is 20.7. The van der Waals surface area contributed by atoms with Crippen molar-refractivity contribution in [2.75, 3.05) is 103 Å². The van der Waals surface area contributed by atoms with E-state index in [-0.39, 0.29) is 6.04 Å². The number of anilines is 4. The van der Waals surface area contributed by atoms with Crippen molar-refractivity contribution in [1.29, 1.82) is 0 Å². The molecule has 4 aliphatic rings. The number of ether oxygens (including phenoxy) is 2. The molecule has 2 aliphatic heterocycles. The van der Waals surface area contributed by atoms with Crippen LogP contribution in [0, 0.1) is 0 Å². The number of nitrogens with two attached hydrogens (primary N) is 2. The van der Waals surface area contributed by atoms with E-state index in [9.17, 15) is 0 Å². The minimum absolute atomic E-state index is 0.285. The summed E-state index contributed by atoms with van der Waals surface area (Å²) >= 11 is 7.97. The SMILES string of the molecule is CC(=O)O.CC(=O)O.COc1cc(-c2nn(C3CCC(N4CCN(C)CC4)CC3)c3ncnc(N)c23)ccc1NCc1ccccc1Cl.COc1cc(-c2nn(C3CCC(N4CCN(C)CC4)CC3)c3ncnc(N)c23)ccc1NCc1nccs1. The van der Waals surface area contributed by atoms with Gasteiger partial charge < -0.3 is 51.6 Å². The number of methoxy groups -OCH3 is 2. The first-order chi connectivity index (χ1) is 41.6. The molecule has 2 saturated heterocycles. The summed E-state index contributed by atoms with van der Waals surface area (Å²) in [5.74, 6) is 0.685.